The molecular formula is C19H16ClN3O5. The summed E-state index contributed by atoms with van der Waals surface area (Å²) in [6.45, 7) is -0.103. The number of fused-ring (bicyclic) bond motifs is 1. The number of nitrogens with zero attached hydrogens (tertiary/aromatic N) is 1. The zero-order valence-corrected chi connectivity index (χ0v) is 15.6. The molecule has 2 aromatic carbocycles. The van der Waals surface area contributed by atoms with Crippen molar-refractivity contribution in [2.24, 2.45) is 0 Å². The minimum absolute atomic E-state index is 0.103. The lowest BCUT2D eigenvalue weighted by Crippen LogP contribution is -2.43. The van der Waals surface area contributed by atoms with E-state index in [9.17, 15) is 19.2 Å². The van der Waals surface area contributed by atoms with Crippen LogP contribution in [-0.4, -0.2) is 42.2 Å². The summed E-state index contributed by atoms with van der Waals surface area (Å²) in [7, 11) is 1.40. The highest BCUT2D eigenvalue weighted by atomic mass is 35.5. The lowest BCUT2D eigenvalue weighted by atomic mass is 10.1. The maximum atomic E-state index is 12.3. The quantitative estimate of drug-likeness (QED) is 0.587. The predicted molar refractivity (Wildman–Crippen MR) is 100 cm³/mol. The van der Waals surface area contributed by atoms with E-state index in [1.54, 1.807) is 30.3 Å². The first kappa shape index (κ1) is 19.4. The molecule has 2 N–H and O–H groups in total. The third kappa shape index (κ3) is 3.81. The normalized spacial score (nSPS) is 12.6. The second-order valence-electron chi connectivity index (χ2n) is 5.90. The van der Waals surface area contributed by atoms with Gasteiger partial charge in [0.05, 0.1) is 23.8 Å². The van der Waals surface area contributed by atoms with Crippen LogP contribution in [0.1, 0.15) is 37.5 Å². The van der Waals surface area contributed by atoms with Gasteiger partial charge in [-0.25, -0.2) is 0 Å². The van der Waals surface area contributed by atoms with Crippen LogP contribution in [-0.2, 0) is 4.79 Å². The molecule has 1 heterocycles. The molecule has 1 aliphatic heterocycles. The number of benzene rings is 2. The Labute approximate surface area is 165 Å². The Morgan fingerprint density at radius 3 is 2.29 bits per heavy atom. The third-order valence-corrected chi connectivity index (χ3v) is 4.40. The molecule has 28 heavy (non-hydrogen) atoms. The van der Waals surface area contributed by atoms with Crippen molar-refractivity contribution in [3.8, 4) is 5.75 Å². The van der Waals surface area contributed by atoms with E-state index in [0.717, 1.165) is 4.90 Å². The first-order valence-corrected chi connectivity index (χ1v) is 8.68. The number of methoxy groups -OCH3 is 1. The number of amides is 4. The molecule has 0 saturated heterocycles. The Bertz CT molecular complexity index is 941. The van der Waals surface area contributed by atoms with Gasteiger partial charge in [-0.2, -0.15) is 0 Å². The van der Waals surface area contributed by atoms with Crippen molar-refractivity contribution >= 4 is 35.2 Å². The average Bonchev–Trinajstić information content (AvgIpc) is 2.95. The second kappa shape index (κ2) is 8.10. The summed E-state index contributed by atoms with van der Waals surface area (Å²) in [5.74, 6) is -1.77. The lowest BCUT2D eigenvalue weighted by Gasteiger charge is -2.14. The maximum Gasteiger partial charge on any atom is 0.273 e. The van der Waals surface area contributed by atoms with Crippen molar-refractivity contribution in [2.75, 3.05) is 13.7 Å². The Kier molecular flexibility index (Phi) is 5.60. The topological polar surface area (TPSA) is 105 Å². The van der Waals surface area contributed by atoms with Crippen LogP contribution >= 0.6 is 11.6 Å². The number of carbonyl (C=O) groups is 4. The summed E-state index contributed by atoms with van der Waals surface area (Å²) in [5.41, 5.74) is 5.27. The summed E-state index contributed by atoms with van der Waals surface area (Å²) in [4.78, 5) is 49.7. The van der Waals surface area contributed by atoms with Crippen LogP contribution in [0.4, 0.5) is 0 Å². The van der Waals surface area contributed by atoms with Crippen molar-refractivity contribution in [2.45, 2.75) is 6.42 Å². The summed E-state index contributed by atoms with van der Waals surface area (Å²) < 4.78 is 5.08. The summed E-state index contributed by atoms with van der Waals surface area (Å²) >= 11 is 5.88. The first-order chi connectivity index (χ1) is 13.4. The van der Waals surface area contributed by atoms with Crippen molar-refractivity contribution in [3.05, 3.63) is 64.2 Å². The third-order valence-electron chi connectivity index (χ3n) is 4.16. The standard InChI is InChI=1S/C19H16ClN3O5/c1-28-15-7-6-11(20)10-14(15)17(25)22-21-16(24)8-9-23-18(26)12-4-2-3-5-13(12)19(23)27/h2-7,10H,8-9H2,1H3,(H,21,24)(H,22,25). The van der Waals surface area contributed by atoms with E-state index >= 15 is 0 Å². The van der Waals surface area contributed by atoms with Gasteiger partial charge in [-0.1, -0.05) is 23.7 Å². The molecular weight excluding hydrogens is 386 g/mol. The molecule has 144 valence electrons. The summed E-state index contributed by atoms with van der Waals surface area (Å²) in [6, 6.07) is 11.0. The predicted octanol–water partition coefficient (Wildman–Crippen LogP) is 1.80. The minimum atomic E-state index is -0.617. The highest BCUT2D eigenvalue weighted by Crippen LogP contribution is 2.23. The van der Waals surface area contributed by atoms with Crippen LogP contribution in [0.15, 0.2) is 42.5 Å². The van der Waals surface area contributed by atoms with Crippen LogP contribution in [0, 0.1) is 0 Å². The van der Waals surface area contributed by atoms with E-state index in [1.165, 1.54) is 19.2 Å². The number of ether oxygens (including phenoxy) is 1. The molecule has 0 radical (unpaired) electrons. The molecule has 0 fully saturated rings. The van der Waals surface area contributed by atoms with Gasteiger partial charge in [0.25, 0.3) is 17.7 Å². The number of hydrazine groups is 1. The average molecular weight is 402 g/mol. The first-order valence-electron chi connectivity index (χ1n) is 8.30. The smallest absolute Gasteiger partial charge is 0.273 e. The summed E-state index contributed by atoms with van der Waals surface area (Å²) in [6.07, 6.45) is -0.168. The second-order valence-corrected chi connectivity index (χ2v) is 6.34. The Morgan fingerprint density at radius 1 is 1.04 bits per heavy atom. The van der Waals surface area contributed by atoms with Crippen LogP contribution < -0.4 is 15.6 Å². The zero-order chi connectivity index (χ0) is 20.3. The number of carbonyl (C=O) groups excluding carboxylic acids is 4. The van der Waals surface area contributed by atoms with E-state index in [-0.39, 0.29) is 18.5 Å². The number of nitrogens with one attached hydrogen (secondary N) is 2. The molecule has 0 atom stereocenters. The molecule has 8 nitrogen and oxygen atoms in total. The van der Waals surface area contributed by atoms with Gasteiger partial charge in [0.1, 0.15) is 5.75 Å². The van der Waals surface area contributed by atoms with Gasteiger partial charge in [0.2, 0.25) is 5.91 Å². The molecule has 0 saturated carbocycles. The van der Waals surface area contributed by atoms with Crippen molar-refractivity contribution in [1.29, 1.82) is 0 Å². The Hall–Kier alpha value is -3.39. The van der Waals surface area contributed by atoms with E-state index in [4.69, 9.17) is 16.3 Å². The Morgan fingerprint density at radius 2 is 1.68 bits per heavy atom. The van der Waals surface area contributed by atoms with E-state index in [2.05, 4.69) is 10.9 Å². The van der Waals surface area contributed by atoms with Crippen molar-refractivity contribution in [3.63, 3.8) is 0 Å². The SMILES string of the molecule is COc1ccc(Cl)cc1C(=O)NNC(=O)CCN1C(=O)c2ccccc2C1=O. The van der Waals surface area contributed by atoms with Crippen LogP contribution in [0.2, 0.25) is 5.02 Å². The molecule has 0 unspecified atom stereocenters. The molecule has 0 aliphatic carbocycles. The highest BCUT2D eigenvalue weighted by Gasteiger charge is 2.34. The fourth-order valence-corrected chi connectivity index (χ4v) is 2.94. The van der Waals surface area contributed by atoms with Gasteiger partial charge < -0.3 is 4.74 Å². The summed E-state index contributed by atoms with van der Waals surface area (Å²) in [5, 5.41) is 0.336. The molecule has 9 heteroatoms. The number of halogens is 1. The number of imide groups is 1. The number of hydrogen-bond donors (Lipinski definition) is 2. The molecule has 0 aromatic heterocycles. The van der Waals surface area contributed by atoms with Gasteiger partial charge in [-0.15, -0.1) is 0 Å². The fourth-order valence-electron chi connectivity index (χ4n) is 2.77. The van der Waals surface area contributed by atoms with E-state index in [1.807, 2.05) is 0 Å². The van der Waals surface area contributed by atoms with Gasteiger partial charge in [-0.05, 0) is 30.3 Å². The van der Waals surface area contributed by atoms with E-state index in [0.29, 0.717) is 21.9 Å². The molecule has 0 bridgehead atoms. The van der Waals surface area contributed by atoms with Crippen molar-refractivity contribution < 1.29 is 23.9 Å². The monoisotopic (exact) mass is 401 g/mol. The zero-order valence-electron chi connectivity index (χ0n) is 14.8. The Balaban J connectivity index is 1.55. The molecule has 0 spiro atoms. The van der Waals surface area contributed by atoms with Crippen LogP contribution in [0.25, 0.3) is 0 Å². The molecule has 2 aromatic rings. The highest BCUT2D eigenvalue weighted by molar-refractivity contribution is 6.31. The largest absolute Gasteiger partial charge is 0.496 e. The van der Waals surface area contributed by atoms with Crippen molar-refractivity contribution in [1.82, 2.24) is 15.8 Å². The molecule has 4 amide bonds. The minimum Gasteiger partial charge on any atom is -0.496 e. The molecule has 3 rings (SSSR count). The van der Waals surface area contributed by atoms with Crippen LogP contribution in [0.5, 0.6) is 5.75 Å². The van der Waals surface area contributed by atoms with Gasteiger partial charge in [-0.3, -0.25) is 34.9 Å². The van der Waals surface area contributed by atoms with Gasteiger partial charge in [0.15, 0.2) is 0 Å². The fraction of sp³-hybridized carbons (Fsp3) is 0.158. The van der Waals surface area contributed by atoms with Crippen LogP contribution in [0.3, 0.4) is 0 Å². The van der Waals surface area contributed by atoms with E-state index < -0.39 is 23.6 Å². The maximum absolute atomic E-state index is 12.3. The van der Waals surface area contributed by atoms with Gasteiger partial charge >= 0.3 is 0 Å². The number of hydrogen-bond acceptors (Lipinski definition) is 5. The molecule has 1 aliphatic rings. The lowest BCUT2D eigenvalue weighted by molar-refractivity contribution is -0.121. The number of rotatable bonds is 5. The van der Waals surface area contributed by atoms with Gasteiger partial charge in [0, 0.05) is 18.0 Å².